The third-order valence-corrected chi connectivity index (χ3v) is 12.0. The fraction of sp³-hybridized carbons (Fsp3) is 0.265. The number of nitrogens with zero attached hydrogens (tertiary/aromatic N) is 5. The highest BCUT2D eigenvalue weighted by Gasteiger charge is 2.45. The largest absolute Gasteiger partial charge is 0.487 e. The summed E-state index contributed by atoms with van der Waals surface area (Å²) in [5, 5.41) is 20.8. The Kier molecular flexibility index (Phi) is 11.0. The van der Waals surface area contributed by atoms with Crippen molar-refractivity contribution in [3.63, 3.8) is 0 Å². The first-order chi connectivity index (χ1) is 30.2. The molecular formula is C49H46N6O7. The molecule has 1 atom stereocenters. The summed E-state index contributed by atoms with van der Waals surface area (Å²) in [6.45, 7) is 4.68. The minimum absolute atomic E-state index is 0.0817. The molecule has 0 aliphatic carbocycles. The van der Waals surface area contributed by atoms with Crippen molar-refractivity contribution in [2.75, 3.05) is 0 Å². The first kappa shape index (κ1) is 40.4. The normalized spacial score (nSPS) is 15.4. The van der Waals surface area contributed by atoms with E-state index in [1.54, 1.807) is 22.2 Å². The number of aromatic nitrogens is 5. The molecular weight excluding hydrogens is 785 g/mol. The standard InChI is InChI=1S/C49H46N6O7/c1-3-37-38-26-36(23-24-42(38)50-45-39(37)29-55-43(45)27-41-40(46(55)57)31-61-47(58)48(41,59)4-2)60-30-35-28-54(53-51-35)25-15-14-22-44(56)52-62-49(32-16-8-5-9-17-32,33-18-10-6-11-19-33)34-20-12-7-13-21-34/h5-13,16-21,23-24,26-28,59H,3-4,14-15,22,25,29-31H2,1-2H3,(H,52,56)/t48-/m0/s1. The highest BCUT2D eigenvalue weighted by molar-refractivity contribution is 5.90. The summed E-state index contributed by atoms with van der Waals surface area (Å²) in [5.74, 6) is -0.329. The summed E-state index contributed by atoms with van der Waals surface area (Å²) in [6.07, 6.45) is 4.19. The van der Waals surface area contributed by atoms with Crippen LogP contribution in [0.2, 0.25) is 0 Å². The van der Waals surface area contributed by atoms with E-state index < -0.39 is 17.2 Å². The van der Waals surface area contributed by atoms with Crippen LogP contribution in [0.5, 0.6) is 5.75 Å². The Balaban J connectivity index is 0.826. The lowest BCUT2D eigenvalue weighted by atomic mass is 9.80. The lowest BCUT2D eigenvalue weighted by Gasteiger charge is -2.35. The second-order valence-corrected chi connectivity index (χ2v) is 15.7. The lowest BCUT2D eigenvalue weighted by Crippen LogP contribution is -2.44. The minimum atomic E-state index is -1.88. The maximum atomic E-state index is 13.7. The average molecular weight is 831 g/mol. The molecule has 9 rings (SSSR count). The van der Waals surface area contributed by atoms with Gasteiger partial charge in [0.15, 0.2) is 11.2 Å². The molecule has 62 heavy (non-hydrogen) atoms. The summed E-state index contributed by atoms with van der Waals surface area (Å²) in [5.41, 5.74) is 7.43. The zero-order valence-corrected chi connectivity index (χ0v) is 34.5. The molecule has 2 aliphatic rings. The topological polar surface area (TPSA) is 160 Å². The van der Waals surface area contributed by atoms with Crippen molar-refractivity contribution in [2.45, 2.75) is 83.5 Å². The van der Waals surface area contributed by atoms with Crippen LogP contribution in [0.25, 0.3) is 22.3 Å². The minimum Gasteiger partial charge on any atom is -0.487 e. The van der Waals surface area contributed by atoms with E-state index in [4.69, 9.17) is 19.3 Å². The van der Waals surface area contributed by atoms with E-state index in [1.807, 2.05) is 115 Å². The van der Waals surface area contributed by atoms with Gasteiger partial charge in [-0.15, -0.1) is 5.10 Å². The van der Waals surface area contributed by atoms with Crippen LogP contribution in [0.15, 0.2) is 126 Å². The molecule has 0 fully saturated rings. The number of aliphatic hydroxyl groups is 1. The Morgan fingerprint density at radius 3 is 2.21 bits per heavy atom. The molecule has 2 aliphatic heterocycles. The third-order valence-electron chi connectivity index (χ3n) is 12.0. The molecule has 0 saturated heterocycles. The van der Waals surface area contributed by atoms with E-state index in [2.05, 4.69) is 22.7 Å². The van der Waals surface area contributed by atoms with Gasteiger partial charge >= 0.3 is 5.97 Å². The number of pyridine rings is 2. The number of ether oxygens (including phenoxy) is 2. The van der Waals surface area contributed by atoms with Gasteiger partial charge in [-0.1, -0.05) is 110 Å². The molecule has 314 valence electrons. The van der Waals surface area contributed by atoms with Crippen LogP contribution < -0.4 is 15.8 Å². The van der Waals surface area contributed by atoms with E-state index >= 15 is 0 Å². The highest BCUT2D eigenvalue weighted by Crippen LogP contribution is 2.42. The number of unbranched alkanes of at least 4 members (excludes halogenated alkanes) is 1. The van der Waals surface area contributed by atoms with Crippen LogP contribution in [0, 0.1) is 0 Å². The predicted octanol–water partition coefficient (Wildman–Crippen LogP) is 7.02. The Morgan fingerprint density at radius 1 is 0.887 bits per heavy atom. The highest BCUT2D eigenvalue weighted by atomic mass is 16.7. The molecule has 13 heteroatoms. The molecule has 4 aromatic carbocycles. The van der Waals surface area contributed by atoms with Crippen LogP contribution in [-0.2, 0) is 63.1 Å². The van der Waals surface area contributed by atoms with Crippen molar-refractivity contribution in [2.24, 2.45) is 0 Å². The number of rotatable bonds is 15. The van der Waals surface area contributed by atoms with Crippen molar-refractivity contribution in [3.8, 4) is 17.1 Å². The second-order valence-electron chi connectivity index (χ2n) is 15.7. The number of aryl methyl sites for hydroxylation is 2. The third kappa shape index (κ3) is 7.22. The fourth-order valence-electron chi connectivity index (χ4n) is 8.74. The monoisotopic (exact) mass is 830 g/mol. The molecule has 0 saturated carbocycles. The van der Waals surface area contributed by atoms with Gasteiger partial charge < -0.3 is 19.1 Å². The van der Waals surface area contributed by atoms with Crippen molar-refractivity contribution < 1.29 is 29.0 Å². The zero-order valence-electron chi connectivity index (χ0n) is 34.5. The summed E-state index contributed by atoms with van der Waals surface area (Å²) in [7, 11) is 0. The second kappa shape index (κ2) is 16.8. The van der Waals surface area contributed by atoms with E-state index in [1.165, 1.54) is 0 Å². The molecule has 5 heterocycles. The number of fused-ring (bicyclic) bond motifs is 5. The molecule has 3 aromatic heterocycles. The Morgan fingerprint density at radius 2 is 1.56 bits per heavy atom. The molecule has 7 aromatic rings. The van der Waals surface area contributed by atoms with Crippen LogP contribution >= 0.6 is 0 Å². The molecule has 0 unspecified atom stereocenters. The SMILES string of the molecule is CCc1c2c(nc3ccc(OCc4cn(CCCCC(=O)NOC(c5ccccc5)(c5ccccc5)c5ccccc5)nn4)cc13)-c1cc3c(c(=O)n1C2)COC(=O)[C@]3(O)CC. The van der Waals surface area contributed by atoms with Gasteiger partial charge in [-0.25, -0.2) is 15.3 Å². The Hall–Kier alpha value is -6.96. The lowest BCUT2D eigenvalue weighted by molar-refractivity contribution is -0.172. The number of hydroxylamine groups is 1. The number of amides is 1. The molecule has 1 amide bonds. The van der Waals surface area contributed by atoms with Gasteiger partial charge in [0.2, 0.25) is 5.91 Å². The van der Waals surface area contributed by atoms with Gasteiger partial charge in [0.1, 0.15) is 24.7 Å². The van der Waals surface area contributed by atoms with Crippen molar-refractivity contribution >= 4 is 22.8 Å². The summed E-state index contributed by atoms with van der Waals surface area (Å²) >= 11 is 0. The van der Waals surface area contributed by atoms with Gasteiger partial charge in [0.05, 0.1) is 35.2 Å². The number of carbonyl (C=O) groups excluding carboxylic acids is 2. The summed E-state index contributed by atoms with van der Waals surface area (Å²) in [6, 6.07) is 37.1. The van der Waals surface area contributed by atoms with Gasteiger partial charge in [-0.2, -0.15) is 0 Å². The quantitative estimate of drug-likeness (QED) is 0.0476. The van der Waals surface area contributed by atoms with E-state index in [0.717, 1.165) is 38.7 Å². The first-order valence-electron chi connectivity index (χ1n) is 21.0. The molecule has 0 bridgehead atoms. The van der Waals surface area contributed by atoms with Crippen molar-refractivity contribution in [1.82, 2.24) is 30.0 Å². The number of cyclic esters (lactones) is 1. The van der Waals surface area contributed by atoms with E-state index in [0.29, 0.717) is 66.3 Å². The van der Waals surface area contributed by atoms with Crippen LogP contribution in [-0.4, -0.2) is 41.5 Å². The predicted molar refractivity (Wildman–Crippen MR) is 231 cm³/mol. The molecule has 0 radical (unpaired) electrons. The maximum Gasteiger partial charge on any atom is 0.343 e. The van der Waals surface area contributed by atoms with Gasteiger partial charge in [-0.3, -0.25) is 19.1 Å². The van der Waals surface area contributed by atoms with Crippen LogP contribution in [0.3, 0.4) is 0 Å². The maximum absolute atomic E-state index is 13.7. The summed E-state index contributed by atoms with van der Waals surface area (Å²) < 4.78 is 14.8. The Bertz CT molecular complexity index is 2750. The molecule has 2 N–H and O–H groups in total. The Labute approximate surface area is 357 Å². The molecule has 0 spiro atoms. The van der Waals surface area contributed by atoms with E-state index in [9.17, 15) is 19.5 Å². The van der Waals surface area contributed by atoms with Crippen LogP contribution in [0.4, 0.5) is 0 Å². The molecule has 13 nitrogen and oxygen atoms in total. The summed E-state index contributed by atoms with van der Waals surface area (Å²) in [4.78, 5) is 51.0. The average Bonchev–Trinajstić information content (AvgIpc) is 3.93. The number of esters is 1. The fourth-order valence-corrected chi connectivity index (χ4v) is 8.74. The van der Waals surface area contributed by atoms with Gasteiger partial charge in [-0.05, 0) is 72.2 Å². The van der Waals surface area contributed by atoms with Crippen molar-refractivity contribution in [1.29, 1.82) is 0 Å². The van der Waals surface area contributed by atoms with Gasteiger partial charge in [0, 0.05) is 29.5 Å². The zero-order chi connectivity index (χ0) is 42.8. The van der Waals surface area contributed by atoms with Gasteiger partial charge in [0.25, 0.3) is 5.56 Å². The van der Waals surface area contributed by atoms with Crippen LogP contribution in [0.1, 0.15) is 84.2 Å². The number of carbonyl (C=O) groups is 2. The number of nitrogens with one attached hydrogen (secondary N) is 1. The number of benzene rings is 4. The number of hydrogen-bond donors (Lipinski definition) is 2. The van der Waals surface area contributed by atoms with E-state index in [-0.39, 0.29) is 37.5 Å². The smallest absolute Gasteiger partial charge is 0.343 e. The first-order valence-corrected chi connectivity index (χ1v) is 21.0. The van der Waals surface area contributed by atoms with Crippen molar-refractivity contribution in [3.05, 3.63) is 176 Å². The number of hydrogen-bond acceptors (Lipinski definition) is 10.